The van der Waals surface area contributed by atoms with Gasteiger partial charge in [0.15, 0.2) is 0 Å². The van der Waals surface area contributed by atoms with Crippen LogP contribution >= 0.6 is 0 Å². The minimum absolute atomic E-state index is 0.0323. The van der Waals surface area contributed by atoms with Gasteiger partial charge in [-0.15, -0.1) is 0 Å². The molecule has 0 heterocycles. The number of halogens is 3. The van der Waals surface area contributed by atoms with Crippen molar-refractivity contribution in [3.05, 3.63) is 65.2 Å². The van der Waals surface area contributed by atoms with Gasteiger partial charge in [-0.1, -0.05) is 44.2 Å². The number of carbonyl (C=O) groups is 1. The van der Waals surface area contributed by atoms with E-state index < -0.39 is 11.7 Å². The number of nitrogens with one attached hydrogen (secondary N) is 1. The fourth-order valence-electron chi connectivity index (χ4n) is 2.31. The molecule has 5 heteroatoms. The average molecular weight is 321 g/mol. The Kier molecular flexibility index (Phi) is 5.08. The number of benzene rings is 2. The SMILES string of the molecule is CC(C)c1ccccc1NC(=O)Cc1ccc(C(F)(F)F)cc1. The summed E-state index contributed by atoms with van der Waals surface area (Å²) in [6.45, 7) is 4.06. The van der Waals surface area contributed by atoms with Gasteiger partial charge >= 0.3 is 6.18 Å². The van der Waals surface area contributed by atoms with E-state index in [2.05, 4.69) is 5.32 Å². The second-order valence-corrected chi connectivity index (χ2v) is 5.66. The van der Waals surface area contributed by atoms with E-state index in [1.807, 2.05) is 38.1 Å². The highest BCUT2D eigenvalue weighted by Crippen LogP contribution is 2.29. The maximum atomic E-state index is 12.5. The van der Waals surface area contributed by atoms with Crippen molar-refractivity contribution in [2.24, 2.45) is 0 Å². The Labute approximate surface area is 133 Å². The highest BCUT2D eigenvalue weighted by molar-refractivity contribution is 5.93. The molecule has 1 N–H and O–H groups in total. The molecule has 0 unspecified atom stereocenters. The van der Waals surface area contributed by atoms with Gasteiger partial charge in [0.1, 0.15) is 0 Å². The van der Waals surface area contributed by atoms with E-state index in [0.717, 1.165) is 23.4 Å². The van der Waals surface area contributed by atoms with Gasteiger partial charge in [0.25, 0.3) is 0 Å². The Morgan fingerprint density at radius 3 is 2.22 bits per heavy atom. The fourth-order valence-corrected chi connectivity index (χ4v) is 2.31. The molecule has 2 nitrogen and oxygen atoms in total. The zero-order valence-corrected chi connectivity index (χ0v) is 12.9. The van der Waals surface area contributed by atoms with Crippen molar-refractivity contribution in [3.63, 3.8) is 0 Å². The van der Waals surface area contributed by atoms with Crippen molar-refractivity contribution in [2.75, 3.05) is 5.32 Å². The van der Waals surface area contributed by atoms with Crippen LogP contribution in [-0.2, 0) is 17.4 Å². The molecule has 2 aromatic carbocycles. The molecule has 122 valence electrons. The summed E-state index contributed by atoms with van der Waals surface area (Å²) in [6, 6.07) is 12.1. The van der Waals surface area contributed by atoms with E-state index >= 15 is 0 Å². The molecule has 2 aromatic rings. The second-order valence-electron chi connectivity index (χ2n) is 5.66. The van der Waals surface area contributed by atoms with Crippen LogP contribution in [0.3, 0.4) is 0 Å². The van der Waals surface area contributed by atoms with Crippen LogP contribution in [0.1, 0.15) is 36.5 Å². The smallest absolute Gasteiger partial charge is 0.326 e. The second kappa shape index (κ2) is 6.86. The predicted molar refractivity (Wildman–Crippen MR) is 84.3 cm³/mol. The van der Waals surface area contributed by atoms with Gasteiger partial charge < -0.3 is 5.32 Å². The summed E-state index contributed by atoms with van der Waals surface area (Å²) >= 11 is 0. The molecule has 0 saturated carbocycles. The number of hydrogen-bond acceptors (Lipinski definition) is 1. The van der Waals surface area contributed by atoms with Crippen molar-refractivity contribution in [1.29, 1.82) is 0 Å². The summed E-state index contributed by atoms with van der Waals surface area (Å²) in [5.74, 6) is 0.00966. The predicted octanol–water partition coefficient (Wildman–Crippen LogP) is 5.01. The molecule has 1 amide bonds. The van der Waals surface area contributed by atoms with Gasteiger partial charge in [0.05, 0.1) is 12.0 Å². The van der Waals surface area contributed by atoms with E-state index in [1.165, 1.54) is 12.1 Å². The van der Waals surface area contributed by atoms with Crippen LogP contribution in [0.25, 0.3) is 0 Å². The summed E-state index contributed by atoms with van der Waals surface area (Å²) < 4.78 is 37.5. The van der Waals surface area contributed by atoms with Gasteiger partial charge in [-0.05, 0) is 35.2 Å². The van der Waals surface area contributed by atoms with E-state index in [9.17, 15) is 18.0 Å². The first-order valence-electron chi connectivity index (χ1n) is 7.32. The van der Waals surface area contributed by atoms with Gasteiger partial charge in [-0.3, -0.25) is 4.79 Å². The van der Waals surface area contributed by atoms with Crippen LogP contribution in [0.4, 0.5) is 18.9 Å². The van der Waals surface area contributed by atoms with Crippen LogP contribution in [-0.4, -0.2) is 5.91 Å². The molecule has 0 bridgehead atoms. The minimum Gasteiger partial charge on any atom is -0.326 e. The molecular weight excluding hydrogens is 303 g/mol. The van der Waals surface area contributed by atoms with Gasteiger partial charge in [0, 0.05) is 5.69 Å². The third kappa shape index (κ3) is 4.58. The number of alkyl halides is 3. The Morgan fingerprint density at radius 2 is 1.65 bits per heavy atom. The number of anilines is 1. The summed E-state index contributed by atoms with van der Waals surface area (Å²) in [5.41, 5.74) is 1.58. The third-order valence-corrected chi connectivity index (χ3v) is 3.50. The standard InChI is InChI=1S/C18H18F3NO/c1-12(2)15-5-3-4-6-16(15)22-17(23)11-13-7-9-14(10-8-13)18(19,20)21/h3-10,12H,11H2,1-2H3,(H,22,23). The lowest BCUT2D eigenvalue weighted by Crippen LogP contribution is -2.16. The summed E-state index contributed by atoms with van der Waals surface area (Å²) in [4.78, 5) is 12.1. The largest absolute Gasteiger partial charge is 0.416 e. The lowest BCUT2D eigenvalue weighted by atomic mass is 10.0. The number of hydrogen-bond donors (Lipinski definition) is 1. The Balaban J connectivity index is 2.06. The van der Waals surface area contributed by atoms with E-state index in [-0.39, 0.29) is 18.2 Å². The van der Waals surface area contributed by atoms with Crippen LogP contribution in [0.5, 0.6) is 0 Å². The van der Waals surface area contributed by atoms with E-state index in [4.69, 9.17) is 0 Å². The molecule has 0 fully saturated rings. The molecule has 0 atom stereocenters. The van der Waals surface area contributed by atoms with Crippen molar-refractivity contribution in [3.8, 4) is 0 Å². The molecule has 0 aliphatic heterocycles. The lowest BCUT2D eigenvalue weighted by molar-refractivity contribution is -0.137. The third-order valence-electron chi connectivity index (χ3n) is 3.50. The monoisotopic (exact) mass is 321 g/mol. The zero-order chi connectivity index (χ0) is 17.0. The van der Waals surface area contributed by atoms with Crippen LogP contribution in [0.2, 0.25) is 0 Å². The van der Waals surface area contributed by atoms with E-state index in [0.29, 0.717) is 5.56 Å². The number of carbonyl (C=O) groups excluding carboxylic acids is 1. The molecule has 0 spiro atoms. The van der Waals surface area contributed by atoms with Crippen LogP contribution in [0.15, 0.2) is 48.5 Å². The van der Waals surface area contributed by atoms with Gasteiger partial charge in [-0.25, -0.2) is 0 Å². The van der Waals surface area contributed by atoms with Crippen LogP contribution < -0.4 is 5.32 Å². The zero-order valence-electron chi connectivity index (χ0n) is 12.9. The Hall–Kier alpha value is -2.30. The average Bonchev–Trinajstić information content (AvgIpc) is 2.47. The van der Waals surface area contributed by atoms with Gasteiger partial charge in [-0.2, -0.15) is 13.2 Å². The summed E-state index contributed by atoms with van der Waals surface area (Å²) in [6.07, 6.45) is -4.33. The fraction of sp³-hybridized carbons (Fsp3) is 0.278. The Morgan fingerprint density at radius 1 is 1.04 bits per heavy atom. The van der Waals surface area contributed by atoms with Crippen LogP contribution in [0, 0.1) is 0 Å². The Bertz CT molecular complexity index is 675. The van der Waals surface area contributed by atoms with Crippen molar-refractivity contribution < 1.29 is 18.0 Å². The topological polar surface area (TPSA) is 29.1 Å². The molecule has 0 radical (unpaired) electrons. The number of para-hydroxylation sites is 1. The highest BCUT2D eigenvalue weighted by atomic mass is 19.4. The number of amides is 1. The maximum absolute atomic E-state index is 12.5. The number of rotatable bonds is 4. The molecular formula is C18H18F3NO. The quantitative estimate of drug-likeness (QED) is 0.842. The van der Waals surface area contributed by atoms with Crippen molar-refractivity contribution >= 4 is 11.6 Å². The van der Waals surface area contributed by atoms with Gasteiger partial charge in [0.2, 0.25) is 5.91 Å². The highest BCUT2D eigenvalue weighted by Gasteiger charge is 2.29. The lowest BCUT2D eigenvalue weighted by Gasteiger charge is -2.13. The maximum Gasteiger partial charge on any atom is 0.416 e. The molecule has 0 aliphatic carbocycles. The molecule has 23 heavy (non-hydrogen) atoms. The van der Waals surface area contributed by atoms with Crippen molar-refractivity contribution in [2.45, 2.75) is 32.4 Å². The summed E-state index contributed by atoms with van der Waals surface area (Å²) in [7, 11) is 0. The molecule has 2 rings (SSSR count). The first kappa shape index (κ1) is 17.1. The minimum atomic E-state index is -4.36. The summed E-state index contributed by atoms with van der Waals surface area (Å²) in [5, 5.41) is 2.82. The molecule has 0 saturated heterocycles. The first-order valence-corrected chi connectivity index (χ1v) is 7.32. The van der Waals surface area contributed by atoms with E-state index in [1.54, 1.807) is 0 Å². The van der Waals surface area contributed by atoms with Crippen molar-refractivity contribution in [1.82, 2.24) is 0 Å². The molecule has 0 aliphatic rings. The first-order chi connectivity index (χ1) is 10.8. The molecule has 0 aromatic heterocycles. The normalized spacial score (nSPS) is 11.6.